The van der Waals surface area contributed by atoms with Crippen molar-refractivity contribution in [1.29, 1.82) is 0 Å². The average molecular weight is 212 g/mol. The van der Waals surface area contributed by atoms with Gasteiger partial charge < -0.3 is 4.98 Å². The molecule has 0 atom stereocenters. The molecule has 0 bridgehead atoms. The van der Waals surface area contributed by atoms with E-state index in [0.29, 0.717) is 4.77 Å². The maximum atomic E-state index is 11.6. The minimum atomic E-state index is -0.0168. The molecule has 13 heavy (non-hydrogen) atoms. The maximum Gasteiger partial charge on any atom is 0.271 e. The minimum Gasteiger partial charge on any atom is -0.331 e. The summed E-state index contributed by atoms with van der Waals surface area (Å²) in [5, 5.41) is 1.96. The van der Waals surface area contributed by atoms with Gasteiger partial charge in [-0.15, -0.1) is 11.3 Å². The topological polar surface area (TPSA) is 37.8 Å². The van der Waals surface area contributed by atoms with Crippen LogP contribution in [0.3, 0.4) is 0 Å². The first-order chi connectivity index (χ1) is 6.11. The molecule has 0 radical (unpaired) electrons. The minimum absolute atomic E-state index is 0.0168. The van der Waals surface area contributed by atoms with Crippen molar-refractivity contribution in [3.05, 3.63) is 26.1 Å². The summed E-state index contributed by atoms with van der Waals surface area (Å²) in [6, 6.07) is 0. The van der Waals surface area contributed by atoms with Crippen molar-refractivity contribution in [2.45, 2.75) is 6.92 Å². The number of aromatic amines is 1. The normalized spacial score (nSPS) is 10.9. The van der Waals surface area contributed by atoms with Gasteiger partial charge in [-0.25, -0.2) is 0 Å². The molecule has 0 fully saturated rings. The second-order valence-electron chi connectivity index (χ2n) is 2.92. The number of thiophene rings is 1. The van der Waals surface area contributed by atoms with Gasteiger partial charge in [0.25, 0.3) is 5.56 Å². The largest absolute Gasteiger partial charge is 0.331 e. The summed E-state index contributed by atoms with van der Waals surface area (Å²) in [4.78, 5) is 14.7. The van der Waals surface area contributed by atoms with E-state index in [4.69, 9.17) is 12.2 Å². The SMILES string of the molecule is Cc1csc2c(=O)n(C)c(=S)[nH]c12. The molecule has 2 aromatic rings. The lowest BCUT2D eigenvalue weighted by molar-refractivity contribution is 0.826. The van der Waals surface area contributed by atoms with Crippen LogP contribution in [-0.4, -0.2) is 9.55 Å². The third-order valence-corrected chi connectivity index (χ3v) is 3.47. The Morgan fingerprint density at radius 2 is 2.31 bits per heavy atom. The zero-order valence-corrected chi connectivity index (χ0v) is 8.88. The number of hydrogen-bond acceptors (Lipinski definition) is 3. The molecule has 0 aliphatic rings. The van der Waals surface area contributed by atoms with Crippen LogP contribution in [-0.2, 0) is 7.05 Å². The third kappa shape index (κ3) is 1.15. The van der Waals surface area contributed by atoms with Gasteiger partial charge in [0.2, 0.25) is 0 Å². The van der Waals surface area contributed by atoms with Gasteiger partial charge in [0.05, 0.1) is 5.52 Å². The van der Waals surface area contributed by atoms with Crippen LogP contribution in [0, 0.1) is 11.7 Å². The molecular weight excluding hydrogens is 204 g/mol. The number of fused-ring (bicyclic) bond motifs is 1. The lowest BCUT2D eigenvalue weighted by Gasteiger charge is -1.97. The highest BCUT2D eigenvalue weighted by molar-refractivity contribution is 7.71. The standard InChI is InChI=1S/C8H8N2OS2/c1-4-3-13-6-5(4)9-8(12)10(2)7(6)11/h3H,1-2H3,(H,9,12). The van der Waals surface area contributed by atoms with Crippen molar-refractivity contribution in [2.24, 2.45) is 7.05 Å². The van der Waals surface area contributed by atoms with Gasteiger partial charge in [-0.3, -0.25) is 9.36 Å². The molecule has 1 N–H and O–H groups in total. The van der Waals surface area contributed by atoms with Crippen molar-refractivity contribution in [2.75, 3.05) is 0 Å². The van der Waals surface area contributed by atoms with E-state index in [1.807, 2.05) is 12.3 Å². The van der Waals surface area contributed by atoms with Crippen LogP contribution in [0.4, 0.5) is 0 Å². The molecule has 0 saturated carbocycles. The summed E-state index contributed by atoms with van der Waals surface area (Å²) >= 11 is 6.46. The van der Waals surface area contributed by atoms with Crippen molar-refractivity contribution in [3.8, 4) is 0 Å². The van der Waals surface area contributed by atoms with E-state index < -0.39 is 0 Å². The van der Waals surface area contributed by atoms with Crippen LogP contribution in [0.2, 0.25) is 0 Å². The number of nitrogens with zero attached hydrogens (tertiary/aromatic N) is 1. The quantitative estimate of drug-likeness (QED) is 0.678. The Balaban J connectivity index is 3.14. The average Bonchev–Trinajstić information content (AvgIpc) is 2.45. The molecule has 0 spiro atoms. The van der Waals surface area contributed by atoms with Crippen molar-refractivity contribution in [1.82, 2.24) is 9.55 Å². The summed E-state index contributed by atoms with van der Waals surface area (Å²) in [5.74, 6) is 0. The summed E-state index contributed by atoms with van der Waals surface area (Å²) in [5.41, 5.74) is 1.93. The molecule has 0 aromatic carbocycles. The Hall–Kier alpha value is -0.940. The molecule has 2 heterocycles. The molecule has 0 aliphatic heterocycles. The second kappa shape index (κ2) is 2.78. The van der Waals surface area contributed by atoms with Crippen LogP contribution >= 0.6 is 23.6 Å². The summed E-state index contributed by atoms with van der Waals surface area (Å²) in [6.07, 6.45) is 0. The monoisotopic (exact) mass is 212 g/mol. The van der Waals surface area contributed by atoms with Gasteiger partial charge in [-0.1, -0.05) is 0 Å². The first-order valence-electron chi connectivity index (χ1n) is 3.78. The smallest absolute Gasteiger partial charge is 0.271 e. The Labute approximate surface area is 83.7 Å². The molecule has 2 rings (SSSR count). The molecule has 0 saturated heterocycles. The van der Waals surface area contributed by atoms with Gasteiger partial charge >= 0.3 is 0 Å². The van der Waals surface area contributed by atoms with E-state index in [-0.39, 0.29) is 5.56 Å². The highest BCUT2D eigenvalue weighted by Crippen LogP contribution is 2.19. The van der Waals surface area contributed by atoms with Crippen LogP contribution in [0.15, 0.2) is 10.2 Å². The van der Waals surface area contributed by atoms with Gasteiger partial charge in [0.15, 0.2) is 4.77 Å². The molecule has 68 valence electrons. The Kier molecular flexibility index (Phi) is 1.85. The van der Waals surface area contributed by atoms with Crippen molar-refractivity contribution >= 4 is 33.8 Å². The number of aryl methyl sites for hydroxylation is 1. The fraction of sp³-hybridized carbons (Fsp3) is 0.250. The number of H-pyrrole nitrogens is 1. The summed E-state index contributed by atoms with van der Waals surface area (Å²) in [6.45, 7) is 1.96. The van der Waals surface area contributed by atoms with Crippen molar-refractivity contribution in [3.63, 3.8) is 0 Å². The molecule has 0 aliphatic carbocycles. The van der Waals surface area contributed by atoms with E-state index in [0.717, 1.165) is 15.8 Å². The summed E-state index contributed by atoms with van der Waals surface area (Å²) in [7, 11) is 1.68. The first kappa shape index (κ1) is 8.65. The van der Waals surface area contributed by atoms with Crippen LogP contribution < -0.4 is 5.56 Å². The van der Waals surface area contributed by atoms with Crippen molar-refractivity contribution < 1.29 is 0 Å². The maximum absolute atomic E-state index is 11.6. The van der Waals surface area contributed by atoms with E-state index in [9.17, 15) is 4.79 Å². The first-order valence-corrected chi connectivity index (χ1v) is 5.07. The van der Waals surface area contributed by atoms with Gasteiger partial charge in [-0.2, -0.15) is 0 Å². The fourth-order valence-corrected chi connectivity index (χ4v) is 2.36. The fourth-order valence-electron chi connectivity index (χ4n) is 1.19. The predicted molar refractivity (Wildman–Crippen MR) is 57.0 cm³/mol. The van der Waals surface area contributed by atoms with E-state index in [1.165, 1.54) is 15.9 Å². The molecule has 0 amide bonds. The predicted octanol–water partition coefficient (Wildman–Crippen LogP) is 1.97. The molecular formula is C8H8N2OS2. The molecule has 2 aromatic heterocycles. The number of aromatic nitrogens is 2. The van der Waals surface area contributed by atoms with Gasteiger partial charge in [0.1, 0.15) is 4.70 Å². The zero-order valence-electron chi connectivity index (χ0n) is 7.25. The number of hydrogen-bond donors (Lipinski definition) is 1. The highest BCUT2D eigenvalue weighted by atomic mass is 32.1. The highest BCUT2D eigenvalue weighted by Gasteiger charge is 2.06. The van der Waals surface area contributed by atoms with Gasteiger partial charge in [0, 0.05) is 7.05 Å². The van der Waals surface area contributed by atoms with Crippen LogP contribution in [0.1, 0.15) is 5.56 Å². The van der Waals surface area contributed by atoms with E-state index in [2.05, 4.69) is 4.98 Å². The number of rotatable bonds is 0. The van der Waals surface area contributed by atoms with E-state index >= 15 is 0 Å². The van der Waals surface area contributed by atoms with Crippen LogP contribution in [0.25, 0.3) is 10.2 Å². The second-order valence-corrected chi connectivity index (χ2v) is 4.18. The number of nitrogens with one attached hydrogen (secondary N) is 1. The van der Waals surface area contributed by atoms with Gasteiger partial charge in [-0.05, 0) is 30.1 Å². The third-order valence-electron chi connectivity index (χ3n) is 2.01. The Morgan fingerprint density at radius 1 is 1.62 bits per heavy atom. The lowest BCUT2D eigenvalue weighted by atomic mass is 10.3. The van der Waals surface area contributed by atoms with E-state index in [1.54, 1.807) is 7.05 Å². The lowest BCUT2D eigenvalue weighted by Crippen LogP contribution is -2.17. The van der Waals surface area contributed by atoms with Crippen LogP contribution in [0.5, 0.6) is 0 Å². The zero-order chi connectivity index (χ0) is 9.59. The molecule has 3 nitrogen and oxygen atoms in total. The summed E-state index contributed by atoms with van der Waals surface area (Å²) < 4.78 is 2.67. The Bertz CT molecular complexity index is 576. The molecule has 5 heteroatoms. The Morgan fingerprint density at radius 3 is 3.00 bits per heavy atom. The molecule has 0 unspecified atom stereocenters.